The van der Waals surface area contributed by atoms with E-state index in [0.29, 0.717) is 12.1 Å². The number of aromatic hydroxyl groups is 1. The standard InChI is InChI=1S/C12H17FN2O/c13-10-3-4-12(16)9(6-10)7-15-5-1-2-11(14)8-15/h3-4,6,11,16H,1-2,5,7-8,14H2. The Morgan fingerprint density at radius 1 is 1.50 bits per heavy atom. The van der Waals surface area contributed by atoms with E-state index in [1.54, 1.807) is 0 Å². The topological polar surface area (TPSA) is 49.5 Å². The van der Waals surface area contributed by atoms with Crippen LogP contribution in [0.25, 0.3) is 0 Å². The Balaban J connectivity index is 2.05. The van der Waals surface area contributed by atoms with E-state index < -0.39 is 0 Å². The van der Waals surface area contributed by atoms with Crippen LogP contribution in [0.5, 0.6) is 5.75 Å². The zero-order chi connectivity index (χ0) is 11.5. The molecule has 1 heterocycles. The van der Waals surface area contributed by atoms with Gasteiger partial charge in [-0.25, -0.2) is 4.39 Å². The minimum atomic E-state index is -0.311. The molecule has 1 fully saturated rings. The molecule has 0 aliphatic carbocycles. The van der Waals surface area contributed by atoms with E-state index in [9.17, 15) is 9.50 Å². The normalized spacial score (nSPS) is 22.2. The first-order valence-electron chi connectivity index (χ1n) is 5.60. The first-order chi connectivity index (χ1) is 7.65. The molecule has 3 N–H and O–H groups in total. The number of benzene rings is 1. The van der Waals surface area contributed by atoms with Gasteiger partial charge in [0, 0.05) is 24.7 Å². The van der Waals surface area contributed by atoms with Crippen molar-refractivity contribution in [2.45, 2.75) is 25.4 Å². The second-order valence-corrected chi connectivity index (χ2v) is 4.41. The molecule has 1 aliphatic rings. The summed E-state index contributed by atoms with van der Waals surface area (Å²) >= 11 is 0. The summed E-state index contributed by atoms with van der Waals surface area (Å²) in [6.07, 6.45) is 2.11. The molecule has 16 heavy (non-hydrogen) atoms. The average molecular weight is 224 g/mol. The Labute approximate surface area is 94.7 Å². The number of phenolic OH excluding ortho intramolecular Hbond substituents is 1. The Kier molecular flexibility index (Phi) is 3.41. The maximum atomic E-state index is 13.0. The van der Waals surface area contributed by atoms with Crippen LogP contribution >= 0.6 is 0 Å². The molecular formula is C12H17FN2O. The molecule has 0 bridgehead atoms. The molecule has 88 valence electrons. The average Bonchev–Trinajstić information content (AvgIpc) is 2.24. The summed E-state index contributed by atoms with van der Waals surface area (Å²) in [5.41, 5.74) is 6.50. The number of phenols is 1. The van der Waals surface area contributed by atoms with Crippen molar-refractivity contribution >= 4 is 0 Å². The fourth-order valence-electron chi connectivity index (χ4n) is 2.16. The van der Waals surface area contributed by atoms with Crippen LogP contribution in [-0.4, -0.2) is 29.1 Å². The second-order valence-electron chi connectivity index (χ2n) is 4.41. The van der Waals surface area contributed by atoms with Gasteiger partial charge in [-0.05, 0) is 37.6 Å². The molecule has 0 aromatic heterocycles. The summed E-state index contributed by atoms with van der Waals surface area (Å²) in [5.74, 6) is -0.158. The predicted molar refractivity (Wildman–Crippen MR) is 60.6 cm³/mol. The van der Waals surface area contributed by atoms with Crippen molar-refractivity contribution in [2.24, 2.45) is 5.73 Å². The number of piperidine rings is 1. The van der Waals surface area contributed by atoms with Crippen molar-refractivity contribution in [1.29, 1.82) is 0 Å². The summed E-state index contributed by atoms with van der Waals surface area (Å²) < 4.78 is 13.0. The van der Waals surface area contributed by atoms with Crippen LogP contribution in [0, 0.1) is 5.82 Å². The van der Waals surface area contributed by atoms with Gasteiger partial charge in [0.1, 0.15) is 11.6 Å². The van der Waals surface area contributed by atoms with Crippen molar-refractivity contribution in [3.8, 4) is 5.75 Å². The summed E-state index contributed by atoms with van der Waals surface area (Å²) in [7, 11) is 0. The van der Waals surface area contributed by atoms with Gasteiger partial charge in [-0.2, -0.15) is 0 Å². The van der Waals surface area contributed by atoms with Crippen molar-refractivity contribution in [1.82, 2.24) is 4.90 Å². The van der Waals surface area contributed by atoms with Gasteiger partial charge in [0.2, 0.25) is 0 Å². The zero-order valence-electron chi connectivity index (χ0n) is 9.19. The second kappa shape index (κ2) is 4.80. The van der Waals surface area contributed by atoms with E-state index in [-0.39, 0.29) is 17.6 Å². The molecule has 1 unspecified atom stereocenters. The van der Waals surface area contributed by atoms with Crippen molar-refractivity contribution in [2.75, 3.05) is 13.1 Å². The van der Waals surface area contributed by atoms with E-state index in [1.165, 1.54) is 18.2 Å². The Hall–Kier alpha value is -1.13. The smallest absolute Gasteiger partial charge is 0.123 e. The SMILES string of the molecule is NC1CCCN(Cc2cc(F)ccc2O)C1. The third-order valence-electron chi connectivity index (χ3n) is 2.98. The number of rotatable bonds is 2. The number of hydrogen-bond donors (Lipinski definition) is 2. The van der Waals surface area contributed by atoms with Gasteiger partial charge in [-0.3, -0.25) is 4.90 Å². The van der Waals surface area contributed by atoms with Gasteiger partial charge in [0.25, 0.3) is 0 Å². The zero-order valence-corrected chi connectivity index (χ0v) is 9.19. The lowest BCUT2D eigenvalue weighted by Gasteiger charge is -2.30. The lowest BCUT2D eigenvalue weighted by Crippen LogP contribution is -2.42. The molecule has 1 aliphatic heterocycles. The summed E-state index contributed by atoms with van der Waals surface area (Å²) in [5, 5.41) is 9.61. The van der Waals surface area contributed by atoms with Gasteiger partial charge in [0.15, 0.2) is 0 Å². The van der Waals surface area contributed by atoms with Gasteiger partial charge in [0.05, 0.1) is 0 Å². The highest BCUT2D eigenvalue weighted by Gasteiger charge is 2.17. The van der Waals surface area contributed by atoms with Crippen LogP contribution in [0.1, 0.15) is 18.4 Å². The van der Waals surface area contributed by atoms with Gasteiger partial charge >= 0.3 is 0 Å². The molecule has 1 aromatic carbocycles. The van der Waals surface area contributed by atoms with Crippen LogP contribution in [0.2, 0.25) is 0 Å². The Morgan fingerprint density at radius 3 is 3.06 bits per heavy atom. The van der Waals surface area contributed by atoms with Crippen molar-refractivity contribution in [3.63, 3.8) is 0 Å². The number of hydrogen-bond acceptors (Lipinski definition) is 3. The van der Waals surface area contributed by atoms with E-state index in [2.05, 4.69) is 4.90 Å². The highest BCUT2D eigenvalue weighted by atomic mass is 19.1. The maximum Gasteiger partial charge on any atom is 0.123 e. The largest absolute Gasteiger partial charge is 0.508 e. The molecule has 0 spiro atoms. The molecule has 0 saturated carbocycles. The monoisotopic (exact) mass is 224 g/mol. The molecular weight excluding hydrogens is 207 g/mol. The number of nitrogens with two attached hydrogens (primary N) is 1. The predicted octanol–water partition coefficient (Wildman–Crippen LogP) is 1.45. The minimum absolute atomic E-state index is 0.153. The lowest BCUT2D eigenvalue weighted by molar-refractivity contribution is 0.199. The van der Waals surface area contributed by atoms with E-state index in [0.717, 1.165) is 25.9 Å². The fourth-order valence-corrected chi connectivity index (χ4v) is 2.16. The van der Waals surface area contributed by atoms with Gasteiger partial charge in [-0.1, -0.05) is 0 Å². The number of likely N-dealkylation sites (tertiary alicyclic amines) is 1. The van der Waals surface area contributed by atoms with E-state index in [4.69, 9.17) is 5.73 Å². The quantitative estimate of drug-likeness (QED) is 0.799. The summed E-state index contributed by atoms with van der Waals surface area (Å²) in [6.45, 7) is 2.34. The first kappa shape index (κ1) is 11.4. The number of halogens is 1. The highest BCUT2D eigenvalue weighted by Crippen LogP contribution is 2.21. The Morgan fingerprint density at radius 2 is 2.31 bits per heavy atom. The van der Waals surface area contributed by atoms with Crippen LogP contribution in [0.3, 0.4) is 0 Å². The Bertz CT molecular complexity index is 370. The molecule has 3 nitrogen and oxygen atoms in total. The van der Waals surface area contributed by atoms with E-state index in [1.807, 2.05) is 0 Å². The summed E-state index contributed by atoms with van der Waals surface area (Å²) in [4.78, 5) is 2.16. The first-order valence-corrected chi connectivity index (χ1v) is 5.60. The lowest BCUT2D eigenvalue weighted by atomic mass is 10.1. The number of nitrogens with zero attached hydrogens (tertiary/aromatic N) is 1. The van der Waals surface area contributed by atoms with E-state index >= 15 is 0 Å². The highest BCUT2D eigenvalue weighted by molar-refractivity contribution is 5.32. The van der Waals surface area contributed by atoms with Crippen molar-refractivity contribution < 1.29 is 9.50 Å². The van der Waals surface area contributed by atoms with Gasteiger partial charge < -0.3 is 10.8 Å². The fraction of sp³-hybridized carbons (Fsp3) is 0.500. The third kappa shape index (κ3) is 2.71. The molecule has 4 heteroatoms. The molecule has 1 aromatic rings. The molecule has 0 amide bonds. The maximum absolute atomic E-state index is 13.0. The summed E-state index contributed by atoms with van der Waals surface area (Å²) in [6, 6.07) is 4.24. The molecule has 1 saturated heterocycles. The molecule has 1 atom stereocenters. The van der Waals surface area contributed by atoms with Crippen LogP contribution < -0.4 is 5.73 Å². The minimum Gasteiger partial charge on any atom is -0.508 e. The van der Waals surface area contributed by atoms with Crippen LogP contribution in [-0.2, 0) is 6.54 Å². The van der Waals surface area contributed by atoms with Crippen molar-refractivity contribution in [3.05, 3.63) is 29.6 Å². The molecule has 2 rings (SSSR count). The molecule has 0 radical (unpaired) electrons. The van der Waals surface area contributed by atoms with Crippen LogP contribution in [0.4, 0.5) is 4.39 Å². The van der Waals surface area contributed by atoms with Gasteiger partial charge in [-0.15, -0.1) is 0 Å². The third-order valence-corrected chi connectivity index (χ3v) is 2.98. The van der Waals surface area contributed by atoms with Crippen LogP contribution in [0.15, 0.2) is 18.2 Å².